The third-order valence-corrected chi connectivity index (χ3v) is 4.95. The third-order valence-electron chi connectivity index (χ3n) is 4.36. The zero-order valence-corrected chi connectivity index (χ0v) is 16.2. The molecular weight excluding hydrogens is 392 g/mol. The largest absolute Gasteiger partial charge is 0.481 e. The zero-order valence-electron chi connectivity index (χ0n) is 14.7. The van der Waals surface area contributed by atoms with Gasteiger partial charge in [0.25, 0.3) is 5.91 Å². The second-order valence-electron chi connectivity index (χ2n) is 6.36. The fourth-order valence-electron chi connectivity index (χ4n) is 2.94. The molecule has 3 rings (SSSR count). The third kappa shape index (κ3) is 5.58. The van der Waals surface area contributed by atoms with Crippen LogP contribution < -0.4 is 4.74 Å². The van der Waals surface area contributed by atoms with Crippen LogP contribution in [0.5, 0.6) is 5.75 Å². The predicted octanol–water partition coefficient (Wildman–Crippen LogP) is 4.72. The van der Waals surface area contributed by atoms with Gasteiger partial charge < -0.3 is 14.4 Å². The Balaban J connectivity index is 1.70. The first kappa shape index (κ1) is 19.9. The molecule has 144 valence electrons. The minimum Gasteiger partial charge on any atom is -0.481 e. The molecule has 0 aliphatic carbocycles. The van der Waals surface area contributed by atoms with Gasteiger partial charge in [-0.15, -0.1) is 0 Å². The normalized spacial score (nSPS) is 16.3. The monoisotopic (exact) mass is 411 g/mol. The van der Waals surface area contributed by atoms with Crippen LogP contribution in [-0.2, 0) is 16.1 Å². The standard InChI is InChI=1S/C20H20Cl2FNO3/c21-15-8-7-14(17(22)10-15)11-24(12-16-4-3-9-26-16)20(25)13-27-19-6-2-1-5-18(19)23/h1-2,5-8,10,16H,3-4,9,11-13H2. The van der Waals surface area contributed by atoms with Crippen molar-refractivity contribution in [3.05, 3.63) is 63.9 Å². The van der Waals surface area contributed by atoms with Gasteiger partial charge in [0.15, 0.2) is 18.2 Å². The van der Waals surface area contributed by atoms with Gasteiger partial charge in [0, 0.05) is 29.7 Å². The molecule has 1 saturated heterocycles. The van der Waals surface area contributed by atoms with Gasteiger partial charge in [0.05, 0.1) is 6.10 Å². The highest BCUT2D eigenvalue weighted by Gasteiger charge is 2.24. The number of nitrogens with zero attached hydrogens (tertiary/aromatic N) is 1. The molecule has 2 aromatic carbocycles. The van der Waals surface area contributed by atoms with Crippen LogP contribution in [0.4, 0.5) is 4.39 Å². The second-order valence-corrected chi connectivity index (χ2v) is 7.21. The average Bonchev–Trinajstić information content (AvgIpc) is 3.15. The van der Waals surface area contributed by atoms with E-state index in [9.17, 15) is 9.18 Å². The van der Waals surface area contributed by atoms with Crippen molar-refractivity contribution < 1.29 is 18.7 Å². The molecule has 0 bridgehead atoms. The van der Waals surface area contributed by atoms with Crippen molar-refractivity contribution in [3.63, 3.8) is 0 Å². The average molecular weight is 412 g/mol. The van der Waals surface area contributed by atoms with E-state index in [1.54, 1.807) is 35.2 Å². The Bertz CT molecular complexity index is 797. The number of ether oxygens (including phenoxy) is 2. The van der Waals surface area contributed by atoms with Crippen molar-refractivity contribution in [2.24, 2.45) is 0 Å². The molecule has 2 aromatic rings. The minimum absolute atomic E-state index is 0.0199. The maximum absolute atomic E-state index is 13.7. The summed E-state index contributed by atoms with van der Waals surface area (Å²) in [5, 5.41) is 1.02. The van der Waals surface area contributed by atoms with Gasteiger partial charge >= 0.3 is 0 Å². The molecule has 1 atom stereocenters. The number of carbonyl (C=O) groups excluding carboxylic acids is 1. The van der Waals surface area contributed by atoms with E-state index in [-0.39, 0.29) is 24.4 Å². The Morgan fingerprint density at radius 3 is 2.78 bits per heavy atom. The smallest absolute Gasteiger partial charge is 0.260 e. The van der Waals surface area contributed by atoms with Crippen LogP contribution in [0.15, 0.2) is 42.5 Å². The highest BCUT2D eigenvalue weighted by Crippen LogP contribution is 2.24. The SMILES string of the molecule is O=C(COc1ccccc1F)N(Cc1ccc(Cl)cc1Cl)CC1CCCO1. The zero-order chi connectivity index (χ0) is 19.2. The van der Waals surface area contributed by atoms with E-state index in [0.717, 1.165) is 18.4 Å². The second kappa shape index (κ2) is 9.40. The molecular formula is C20H20Cl2FNO3. The van der Waals surface area contributed by atoms with E-state index in [1.165, 1.54) is 12.1 Å². The van der Waals surface area contributed by atoms with E-state index >= 15 is 0 Å². The summed E-state index contributed by atoms with van der Waals surface area (Å²) in [5.74, 6) is -0.719. The van der Waals surface area contributed by atoms with Crippen molar-refractivity contribution in [3.8, 4) is 5.75 Å². The fourth-order valence-corrected chi connectivity index (χ4v) is 3.41. The summed E-state index contributed by atoms with van der Waals surface area (Å²) in [7, 11) is 0. The molecule has 0 N–H and O–H groups in total. The highest BCUT2D eigenvalue weighted by atomic mass is 35.5. The molecule has 1 fully saturated rings. The van der Waals surface area contributed by atoms with Gasteiger partial charge in [-0.2, -0.15) is 0 Å². The van der Waals surface area contributed by atoms with Crippen LogP contribution in [-0.4, -0.2) is 36.7 Å². The molecule has 0 radical (unpaired) electrons. The van der Waals surface area contributed by atoms with Crippen molar-refractivity contribution >= 4 is 29.1 Å². The lowest BCUT2D eigenvalue weighted by Crippen LogP contribution is -2.39. The van der Waals surface area contributed by atoms with E-state index < -0.39 is 5.82 Å². The number of rotatable bonds is 7. The predicted molar refractivity (Wildman–Crippen MR) is 103 cm³/mol. The van der Waals surface area contributed by atoms with Crippen molar-refractivity contribution in [1.82, 2.24) is 4.90 Å². The van der Waals surface area contributed by atoms with Crippen molar-refractivity contribution in [2.75, 3.05) is 19.8 Å². The summed E-state index contributed by atoms with van der Waals surface area (Å²) in [6.45, 7) is 1.16. The Morgan fingerprint density at radius 2 is 2.07 bits per heavy atom. The van der Waals surface area contributed by atoms with Crippen molar-refractivity contribution in [2.45, 2.75) is 25.5 Å². The fraction of sp³-hybridized carbons (Fsp3) is 0.350. The van der Waals surface area contributed by atoms with Gasteiger partial charge in [0.2, 0.25) is 0 Å². The lowest BCUT2D eigenvalue weighted by Gasteiger charge is -2.26. The van der Waals surface area contributed by atoms with Crippen LogP contribution in [0.2, 0.25) is 10.0 Å². The number of amides is 1. The summed E-state index contributed by atoms with van der Waals surface area (Å²) >= 11 is 12.2. The summed E-state index contributed by atoms with van der Waals surface area (Å²) in [5.41, 5.74) is 0.776. The first-order valence-electron chi connectivity index (χ1n) is 8.73. The van der Waals surface area contributed by atoms with E-state index in [0.29, 0.717) is 29.7 Å². The number of benzene rings is 2. The van der Waals surface area contributed by atoms with Gasteiger partial charge in [-0.25, -0.2) is 4.39 Å². The summed E-state index contributed by atoms with van der Waals surface area (Å²) in [4.78, 5) is 14.4. The molecule has 1 amide bonds. The van der Waals surface area contributed by atoms with E-state index in [2.05, 4.69) is 0 Å². The molecule has 1 aliphatic heterocycles. The molecule has 1 heterocycles. The maximum Gasteiger partial charge on any atom is 0.260 e. The molecule has 1 unspecified atom stereocenters. The van der Waals surface area contributed by atoms with Gasteiger partial charge in [-0.1, -0.05) is 41.4 Å². The van der Waals surface area contributed by atoms with Crippen LogP contribution in [0.1, 0.15) is 18.4 Å². The number of halogens is 3. The molecule has 7 heteroatoms. The molecule has 1 aliphatic rings. The summed E-state index contributed by atoms with van der Waals surface area (Å²) in [6.07, 6.45) is 1.85. The molecule has 0 aromatic heterocycles. The first-order valence-corrected chi connectivity index (χ1v) is 9.49. The number of para-hydroxylation sites is 1. The van der Waals surface area contributed by atoms with Crippen LogP contribution in [0.3, 0.4) is 0 Å². The van der Waals surface area contributed by atoms with Crippen LogP contribution in [0.25, 0.3) is 0 Å². The highest BCUT2D eigenvalue weighted by molar-refractivity contribution is 6.35. The van der Waals surface area contributed by atoms with E-state index in [4.69, 9.17) is 32.7 Å². The maximum atomic E-state index is 13.7. The first-order chi connectivity index (χ1) is 13.0. The number of carbonyl (C=O) groups is 1. The molecule has 0 saturated carbocycles. The van der Waals surface area contributed by atoms with E-state index in [1.807, 2.05) is 0 Å². The van der Waals surface area contributed by atoms with Gasteiger partial charge in [-0.05, 0) is 42.7 Å². The lowest BCUT2D eigenvalue weighted by atomic mass is 10.1. The molecule has 0 spiro atoms. The minimum atomic E-state index is -0.503. The van der Waals surface area contributed by atoms with Crippen LogP contribution >= 0.6 is 23.2 Å². The Hall–Kier alpha value is -1.82. The summed E-state index contributed by atoms with van der Waals surface area (Å²) in [6, 6.07) is 11.2. The lowest BCUT2D eigenvalue weighted by molar-refractivity contribution is -0.135. The summed E-state index contributed by atoms with van der Waals surface area (Å²) < 4.78 is 24.7. The van der Waals surface area contributed by atoms with Gasteiger partial charge in [-0.3, -0.25) is 4.79 Å². The number of hydrogen-bond acceptors (Lipinski definition) is 3. The molecule has 4 nitrogen and oxygen atoms in total. The van der Waals surface area contributed by atoms with Crippen molar-refractivity contribution in [1.29, 1.82) is 0 Å². The van der Waals surface area contributed by atoms with Gasteiger partial charge in [0.1, 0.15) is 0 Å². The Labute approximate surface area is 167 Å². The van der Waals surface area contributed by atoms with Crippen LogP contribution in [0, 0.1) is 5.82 Å². The number of hydrogen-bond donors (Lipinski definition) is 0. The molecule has 27 heavy (non-hydrogen) atoms. The Morgan fingerprint density at radius 1 is 1.26 bits per heavy atom. The topological polar surface area (TPSA) is 38.8 Å². The quantitative estimate of drug-likeness (QED) is 0.661. The Kier molecular flexibility index (Phi) is 6.94.